The molecule has 1 aliphatic heterocycles. The Labute approximate surface area is 144 Å². The molecule has 132 valence electrons. The van der Waals surface area contributed by atoms with Gasteiger partial charge in [0.2, 0.25) is 15.9 Å². The van der Waals surface area contributed by atoms with Crippen LogP contribution in [-0.2, 0) is 20.2 Å². The van der Waals surface area contributed by atoms with E-state index < -0.39 is 15.4 Å². The van der Waals surface area contributed by atoms with Crippen LogP contribution in [0.1, 0.15) is 50.5 Å². The SMILES string of the molecule is CS(=O)(=O)Nc1ccc(C2(C(=O)N3CCCC3)CCCCC2)cc1. The average Bonchev–Trinajstić information content (AvgIpc) is 3.08. The molecule has 2 fully saturated rings. The molecule has 5 nitrogen and oxygen atoms in total. The number of carbonyl (C=O) groups excluding carboxylic acids is 1. The second-order valence-electron chi connectivity index (χ2n) is 7.09. The number of hydrogen-bond acceptors (Lipinski definition) is 3. The highest BCUT2D eigenvalue weighted by molar-refractivity contribution is 7.92. The first-order valence-electron chi connectivity index (χ1n) is 8.78. The Balaban J connectivity index is 1.89. The Morgan fingerprint density at radius 1 is 1.00 bits per heavy atom. The summed E-state index contributed by atoms with van der Waals surface area (Å²) in [5, 5.41) is 0. The van der Waals surface area contributed by atoms with Gasteiger partial charge >= 0.3 is 0 Å². The van der Waals surface area contributed by atoms with Crippen LogP contribution in [0.3, 0.4) is 0 Å². The zero-order valence-corrected chi connectivity index (χ0v) is 15.1. The van der Waals surface area contributed by atoms with Gasteiger partial charge in [0.05, 0.1) is 11.7 Å². The molecular formula is C18H26N2O3S. The molecule has 0 unspecified atom stereocenters. The first-order valence-corrected chi connectivity index (χ1v) is 10.7. The predicted molar refractivity (Wildman–Crippen MR) is 95.5 cm³/mol. The number of benzene rings is 1. The maximum Gasteiger partial charge on any atom is 0.233 e. The van der Waals surface area contributed by atoms with Crippen LogP contribution in [0.5, 0.6) is 0 Å². The molecule has 1 heterocycles. The van der Waals surface area contributed by atoms with Crippen LogP contribution >= 0.6 is 0 Å². The number of anilines is 1. The average molecular weight is 350 g/mol. The third kappa shape index (κ3) is 3.58. The topological polar surface area (TPSA) is 66.5 Å². The van der Waals surface area contributed by atoms with Crippen LogP contribution in [0, 0.1) is 0 Å². The standard InChI is InChI=1S/C18H26N2O3S/c1-24(22,23)19-16-9-7-15(8-10-16)18(11-3-2-4-12-18)17(21)20-13-5-6-14-20/h7-10,19H,2-6,11-14H2,1H3. The molecule has 0 radical (unpaired) electrons. The van der Waals surface area contributed by atoms with Crippen molar-refractivity contribution in [3.05, 3.63) is 29.8 Å². The summed E-state index contributed by atoms with van der Waals surface area (Å²) in [6.45, 7) is 1.74. The van der Waals surface area contributed by atoms with E-state index in [9.17, 15) is 13.2 Å². The van der Waals surface area contributed by atoms with E-state index in [1.54, 1.807) is 12.1 Å². The molecule has 0 aromatic heterocycles. The van der Waals surface area contributed by atoms with Gasteiger partial charge in [0, 0.05) is 18.8 Å². The molecule has 0 spiro atoms. The normalized spacial score (nSPS) is 20.8. The van der Waals surface area contributed by atoms with E-state index in [1.165, 1.54) is 6.42 Å². The second kappa shape index (κ2) is 6.75. The van der Waals surface area contributed by atoms with Crippen molar-refractivity contribution in [2.45, 2.75) is 50.4 Å². The van der Waals surface area contributed by atoms with Crippen LogP contribution in [-0.4, -0.2) is 38.6 Å². The zero-order chi connectivity index (χ0) is 17.2. The highest BCUT2D eigenvalue weighted by atomic mass is 32.2. The largest absolute Gasteiger partial charge is 0.342 e. The van der Waals surface area contributed by atoms with Gasteiger partial charge in [-0.1, -0.05) is 31.4 Å². The number of carbonyl (C=O) groups is 1. The molecule has 1 saturated heterocycles. The van der Waals surface area contributed by atoms with Crippen LogP contribution in [0.4, 0.5) is 5.69 Å². The van der Waals surface area contributed by atoms with Crippen molar-refractivity contribution in [2.24, 2.45) is 0 Å². The summed E-state index contributed by atoms with van der Waals surface area (Å²) in [5.41, 5.74) is 1.14. The number of nitrogens with one attached hydrogen (secondary N) is 1. The van der Waals surface area contributed by atoms with E-state index in [1.807, 2.05) is 17.0 Å². The third-order valence-corrected chi connectivity index (χ3v) is 5.86. The molecule has 6 heteroatoms. The van der Waals surface area contributed by atoms with E-state index in [0.29, 0.717) is 5.69 Å². The Hall–Kier alpha value is -1.56. The zero-order valence-electron chi connectivity index (χ0n) is 14.3. The minimum Gasteiger partial charge on any atom is -0.342 e. The number of amides is 1. The van der Waals surface area contributed by atoms with Gasteiger partial charge in [-0.25, -0.2) is 8.42 Å². The Morgan fingerprint density at radius 2 is 1.58 bits per heavy atom. The lowest BCUT2D eigenvalue weighted by molar-refractivity contribution is -0.137. The summed E-state index contributed by atoms with van der Waals surface area (Å²) in [6.07, 6.45) is 8.44. The molecule has 2 aliphatic rings. The monoisotopic (exact) mass is 350 g/mol. The van der Waals surface area contributed by atoms with Crippen molar-refractivity contribution in [1.29, 1.82) is 0 Å². The number of sulfonamides is 1. The first-order chi connectivity index (χ1) is 11.4. The van der Waals surface area contributed by atoms with E-state index in [0.717, 1.165) is 63.4 Å². The summed E-state index contributed by atoms with van der Waals surface area (Å²) in [7, 11) is -3.28. The molecule has 24 heavy (non-hydrogen) atoms. The van der Waals surface area contributed by atoms with Crippen molar-refractivity contribution in [2.75, 3.05) is 24.1 Å². The number of hydrogen-bond donors (Lipinski definition) is 1. The fraction of sp³-hybridized carbons (Fsp3) is 0.611. The van der Waals surface area contributed by atoms with Crippen LogP contribution in [0.2, 0.25) is 0 Å². The van der Waals surface area contributed by atoms with Crippen molar-refractivity contribution >= 4 is 21.6 Å². The molecule has 0 bridgehead atoms. The molecular weight excluding hydrogens is 324 g/mol. The summed E-state index contributed by atoms with van der Waals surface area (Å²) in [4.78, 5) is 15.3. The summed E-state index contributed by atoms with van der Waals surface area (Å²) in [6, 6.07) is 7.38. The molecule has 1 amide bonds. The predicted octanol–water partition coefficient (Wildman–Crippen LogP) is 2.88. The lowest BCUT2D eigenvalue weighted by atomic mass is 9.68. The van der Waals surface area contributed by atoms with Gasteiger partial charge in [0.25, 0.3) is 0 Å². The van der Waals surface area contributed by atoms with Gasteiger partial charge in [-0.3, -0.25) is 9.52 Å². The Kier molecular flexibility index (Phi) is 4.85. The van der Waals surface area contributed by atoms with Gasteiger partial charge in [-0.15, -0.1) is 0 Å². The van der Waals surface area contributed by atoms with Crippen molar-refractivity contribution in [3.63, 3.8) is 0 Å². The minimum atomic E-state index is -3.28. The van der Waals surface area contributed by atoms with Crippen molar-refractivity contribution in [3.8, 4) is 0 Å². The van der Waals surface area contributed by atoms with Crippen LogP contribution in [0.15, 0.2) is 24.3 Å². The number of rotatable bonds is 4. The van der Waals surface area contributed by atoms with Crippen molar-refractivity contribution in [1.82, 2.24) is 4.90 Å². The highest BCUT2D eigenvalue weighted by Gasteiger charge is 2.43. The Morgan fingerprint density at radius 3 is 2.12 bits per heavy atom. The molecule has 1 aromatic rings. The molecule has 1 aromatic carbocycles. The van der Waals surface area contributed by atoms with Gasteiger partial charge in [-0.2, -0.15) is 0 Å². The molecule has 1 aliphatic carbocycles. The number of nitrogens with zero attached hydrogens (tertiary/aromatic N) is 1. The second-order valence-corrected chi connectivity index (χ2v) is 8.84. The summed E-state index contributed by atoms with van der Waals surface area (Å²) < 4.78 is 25.2. The van der Waals surface area contributed by atoms with Gasteiger partial charge in [-0.05, 0) is 43.4 Å². The van der Waals surface area contributed by atoms with Crippen LogP contribution in [0.25, 0.3) is 0 Å². The maximum absolute atomic E-state index is 13.3. The fourth-order valence-corrected chi connectivity index (χ4v) is 4.64. The fourth-order valence-electron chi connectivity index (χ4n) is 4.08. The van der Waals surface area contributed by atoms with E-state index in [-0.39, 0.29) is 5.91 Å². The molecule has 1 saturated carbocycles. The minimum absolute atomic E-state index is 0.267. The van der Waals surface area contributed by atoms with E-state index in [4.69, 9.17) is 0 Å². The van der Waals surface area contributed by atoms with Gasteiger partial charge < -0.3 is 4.90 Å². The first kappa shape index (κ1) is 17.3. The summed E-state index contributed by atoms with van der Waals surface area (Å²) in [5.74, 6) is 0.267. The van der Waals surface area contributed by atoms with E-state index >= 15 is 0 Å². The lowest BCUT2D eigenvalue weighted by Gasteiger charge is -2.39. The highest BCUT2D eigenvalue weighted by Crippen LogP contribution is 2.42. The van der Waals surface area contributed by atoms with Gasteiger partial charge in [0.1, 0.15) is 0 Å². The smallest absolute Gasteiger partial charge is 0.233 e. The van der Waals surface area contributed by atoms with Crippen molar-refractivity contribution < 1.29 is 13.2 Å². The number of likely N-dealkylation sites (tertiary alicyclic amines) is 1. The molecule has 1 N–H and O–H groups in total. The van der Waals surface area contributed by atoms with Crippen LogP contribution < -0.4 is 4.72 Å². The lowest BCUT2D eigenvalue weighted by Crippen LogP contribution is -2.47. The van der Waals surface area contributed by atoms with Gasteiger partial charge in [0.15, 0.2) is 0 Å². The molecule has 3 rings (SSSR count). The maximum atomic E-state index is 13.3. The quantitative estimate of drug-likeness (QED) is 0.908. The summed E-state index contributed by atoms with van der Waals surface area (Å²) >= 11 is 0. The Bertz CT molecular complexity index is 685. The molecule has 0 atom stereocenters. The third-order valence-electron chi connectivity index (χ3n) is 5.25. The van der Waals surface area contributed by atoms with E-state index in [2.05, 4.69) is 4.72 Å².